The molecule has 0 bridgehead atoms. The predicted molar refractivity (Wildman–Crippen MR) is 73.8 cm³/mol. The lowest BCUT2D eigenvalue weighted by atomic mass is 9.86. The highest BCUT2D eigenvalue weighted by atomic mass is 16.5. The summed E-state index contributed by atoms with van der Waals surface area (Å²) < 4.78 is 5.36. The summed E-state index contributed by atoms with van der Waals surface area (Å²) in [6.45, 7) is 1.45. The Kier molecular flexibility index (Phi) is 5.40. The Labute approximate surface area is 115 Å². The van der Waals surface area contributed by atoms with Crippen LogP contribution in [0, 0.1) is 0 Å². The fraction of sp³-hybridized carbons (Fsp3) is 0.800. The van der Waals surface area contributed by atoms with Gasteiger partial charge < -0.3 is 15.2 Å². The van der Waals surface area contributed by atoms with Crippen LogP contribution in [0.4, 0.5) is 0 Å². The molecule has 108 valence electrons. The number of aliphatic hydroxyl groups excluding tert-OH is 1. The number of amides is 1. The van der Waals surface area contributed by atoms with Gasteiger partial charge in [-0.2, -0.15) is 0 Å². The quantitative estimate of drug-likeness (QED) is 0.748. The lowest BCUT2D eigenvalue weighted by Gasteiger charge is -2.38. The van der Waals surface area contributed by atoms with Crippen molar-refractivity contribution in [2.75, 3.05) is 19.8 Å². The van der Waals surface area contributed by atoms with Crippen molar-refractivity contribution in [2.45, 2.75) is 56.9 Å². The zero-order chi connectivity index (χ0) is 13.6. The van der Waals surface area contributed by atoms with Crippen molar-refractivity contribution in [1.29, 1.82) is 0 Å². The van der Waals surface area contributed by atoms with Gasteiger partial charge in [-0.15, -0.1) is 0 Å². The molecule has 1 heterocycles. The maximum absolute atomic E-state index is 12.2. The molecule has 2 rings (SSSR count). The fourth-order valence-corrected chi connectivity index (χ4v) is 3.03. The van der Waals surface area contributed by atoms with Crippen molar-refractivity contribution < 1.29 is 14.6 Å². The van der Waals surface area contributed by atoms with E-state index in [1.54, 1.807) is 0 Å². The van der Waals surface area contributed by atoms with Crippen LogP contribution < -0.4 is 5.32 Å². The summed E-state index contributed by atoms with van der Waals surface area (Å²) in [6, 6.07) is 0. The lowest BCUT2D eigenvalue weighted by molar-refractivity contribution is -0.124. The maximum atomic E-state index is 12.2. The second-order valence-electron chi connectivity index (χ2n) is 5.70. The van der Waals surface area contributed by atoms with Crippen LogP contribution >= 0.6 is 0 Å². The van der Waals surface area contributed by atoms with Crippen LogP contribution in [0.2, 0.25) is 0 Å². The minimum Gasteiger partial charge on any atom is -0.396 e. The second kappa shape index (κ2) is 7.06. The standard InChI is InChI=1S/C15H25NO3/c17-9-6-15(7-10-19-11-8-15)16-14(18)12-13-4-2-1-3-5-13/h4,17H,1-3,5-12H2,(H,16,18). The van der Waals surface area contributed by atoms with E-state index in [-0.39, 0.29) is 18.1 Å². The van der Waals surface area contributed by atoms with Crippen LogP contribution in [0.1, 0.15) is 51.4 Å². The minimum absolute atomic E-state index is 0.100. The number of allylic oxidation sites excluding steroid dienone is 1. The number of ether oxygens (including phenoxy) is 1. The van der Waals surface area contributed by atoms with Gasteiger partial charge in [0, 0.05) is 31.8 Å². The highest BCUT2D eigenvalue weighted by molar-refractivity contribution is 5.79. The summed E-state index contributed by atoms with van der Waals surface area (Å²) in [5, 5.41) is 12.4. The molecular formula is C15H25NO3. The van der Waals surface area contributed by atoms with Gasteiger partial charge in [0.1, 0.15) is 0 Å². The molecule has 4 nitrogen and oxygen atoms in total. The first kappa shape index (κ1) is 14.5. The van der Waals surface area contributed by atoms with E-state index in [4.69, 9.17) is 4.74 Å². The molecule has 1 fully saturated rings. The van der Waals surface area contributed by atoms with Crippen LogP contribution in [-0.4, -0.2) is 36.4 Å². The number of hydrogen-bond donors (Lipinski definition) is 2. The van der Waals surface area contributed by atoms with E-state index in [0.717, 1.165) is 25.7 Å². The Balaban J connectivity index is 1.89. The minimum atomic E-state index is -0.251. The number of carbonyl (C=O) groups excluding carboxylic acids is 1. The zero-order valence-corrected chi connectivity index (χ0v) is 11.6. The van der Waals surface area contributed by atoms with Gasteiger partial charge in [0.2, 0.25) is 5.91 Å². The average Bonchev–Trinajstić information content (AvgIpc) is 2.40. The molecule has 19 heavy (non-hydrogen) atoms. The van der Waals surface area contributed by atoms with Crippen molar-refractivity contribution >= 4 is 5.91 Å². The number of nitrogens with one attached hydrogen (secondary N) is 1. The summed E-state index contributed by atoms with van der Waals surface area (Å²) in [5.41, 5.74) is 1.02. The highest BCUT2D eigenvalue weighted by Crippen LogP contribution is 2.26. The number of aliphatic hydroxyl groups is 1. The molecule has 4 heteroatoms. The molecule has 2 aliphatic rings. The molecule has 0 radical (unpaired) electrons. The Hall–Kier alpha value is -0.870. The monoisotopic (exact) mass is 267 g/mol. The SMILES string of the molecule is O=C(CC1=CCCCC1)NC1(CCO)CCOCC1. The first-order valence-corrected chi connectivity index (χ1v) is 7.42. The molecule has 1 aliphatic heterocycles. The van der Waals surface area contributed by atoms with Crippen molar-refractivity contribution in [2.24, 2.45) is 0 Å². The molecule has 0 unspecified atom stereocenters. The largest absolute Gasteiger partial charge is 0.396 e. The lowest BCUT2D eigenvalue weighted by Crippen LogP contribution is -2.52. The molecule has 0 aromatic heterocycles. The molecule has 0 aromatic rings. The van der Waals surface area contributed by atoms with E-state index >= 15 is 0 Å². The Bertz CT molecular complexity index is 327. The van der Waals surface area contributed by atoms with Gasteiger partial charge in [-0.1, -0.05) is 11.6 Å². The van der Waals surface area contributed by atoms with E-state index in [1.807, 2.05) is 0 Å². The molecule has 1 aliphatic carbocycles. The van der Waals surface area contributed by atoms with Gasteiger partial charge >= 0.3 is 0 Å². The summed E-state index contributed by atoms with van der Waals surface area (Å²) in [6.07, 6.45) is 9.59. The molecule has 0 spiro atoms. The van der Waals surface area contributed by atoms with Gasteiger partial charge in [0.25, 0.3) is 0 Å². The third kappa shape index (κ3) is 4.32. The normalized spacial score (nSPS) is 22.7. The van der Waals surface area contributed by atoms with Gasteiger partial charge in [0.05, 0.1) is 0 Å². The molecule has 0 aromatic carbocycles. The molecule has 1 amide bonds. The number of hydrogen-bond acceptors (Lipinski definition) is 3. The summed E-state index contributed by atoms with van der Waals surface area (Å²) in [5.74, 6) is 0.100. The maximum Gasteiger partial charge on any atom is 0.224 e. The van der Waals surface area contributed by atoms with Crippen molar-refractivity contribution in [3.05, 3.63) is 11.6 Å². The van der Waals surface area contributed by atoms with Gasteiger partial charge in [-0.25, -0.2) is 0 Å². The number of rotatable bonds is 5. The van der Waals surface area contributed by atoms with E-state index in [9.17, 15) is 9.90 Å². The Morgan fingerprint density at radius 3 is 2.79 bits per heavy atom. The molecule has 2 N–H and O–H groups in total. The summed E-state index contributed by atoms with van der Waals surface area (Å²) in [4.78, 5) is 12.2. The van der Waals surface area contributed by atoms with E-state index in [0.29, 0.717) is 26.1 Å². The van der Waals surface area contributed by atoms with Gasteiger partial charge in [0.15, 0.2) is 0 Å². The molecule has 0 atom stereocenters. The van der Waals surface area contributed by atoms with Crippen LogP contribution in [-0.2, 0) is 9.53 Å². The fourth-order valence-electron chi connectivity index (χ4n) is 3.03. The third-order valence-electron chi connectivity index (χ3n) is 4.22. The van der Waals surface area contributed by atoms with E-state index < -0.39 is 0 Å². The summed E-state index contributed by atoms with van der Waals surface area (Å²) in [7, 11) is 0. The van der Waals surface area contributed by atoms with Crippen LogP contribution in [0.5, 0.6) is 0 Å². The van der Waals surface area contributed by atoms with Crippen LogP contribution in [0.3, 0.4) is 0 Å². The zero-order valence-electron chi connectivity index (χ0n) is 11.6. The van der Waals surface area contributed by atoms with Crippen molar-refractivity contribution in [3.8, 4) is 0 Å². The van der Waals surface area contributed by atoms with Crippen LogP contribution in [0.25, 0.3) is 0 Å². The smallest absolute Gasteiger partial charge is 0.224 e. The first-order valence-electron chi connectivity index (χ1n) is 7.42. The van der Waals surface area contributed by atoms with Crippen molar-refractivity contribution in [1.82, 2.24) is 5.32 Å². The molecule has 0 saturated carbocycles. The molecule has 1 saturated heterocycles. The van der Waals surface area contributed by atoms with Gasteiger partial charge in [-0.05, 0) is 44.9 Å². The Morgan fingerprint density at radius 2 is 2.16 bits per heavy atom. The topological polar surface area (TPSA) is 58.6 Å². The van der Waals surface area contributed by atoms with Gasteiger partial charge in [-0.3, -0.25) is 4.79 Å². The highest BCUT2D eigenvalue weighted by Gasteiger charge is 2.33. The number of carbonyl (C=O) groups is 1. The van der Waals surface area contributed by atoms with E-state index in [1.165, 1.54) is 18.4 Å². The second-order valence-corrected chi connectivity index (χ2v) is 5.70. The predicted octanol–water partition coefficient (Wildman–Crippen LogP) is 1.92. The van der Waals surface area contributed by atoms with Crippen LogP contribution in [0.15, 0.2) is 11.6 Å². The molecular weight excluding hydrogens is 242 g/mol. The Morgan fingerprint density at radius 1 is 1.37 bits per heavy atom. The third-order valence-corrected chi connectivity index (χ3v) is 4.22. The summed E-state index contributed by atoms with van der Waals surface area (Å²) >= 11 is 0. The van der Waals surface area contributed by atoms with Crippen molar-refractivity contribution in [3.63, 3.8) is 0 Å². The first-order chi connectivity index (χ1) is 9.24. The van der Waals surface area contributed by atoms with E-state index in [2.05, 4.69) is 11.4 Å². The average molecular weight is 267 g/mol.